The molecule has 3 aromatic carbocycles. The zero-order valence-corrected chi connectivity index (χ0v) is 15.5. The molecule has 0 N–H and O–H groups in total. The van der Waals surface area contributed by atoms with Crippen molar-refractivity contribution < 1.29 is 9.53 Å². The monoisotopic (exact) mass is 368 g/mol. The number of aryl methyl sites for hydroxylation is 1. The first-order valence-corrected chi connectivity index (χ1v) is 9.36. The van der Waals surface area contributed by atoms with Gasteiger partial charge in [0.2, 0.25) is 0 Å². The van der Waals surface area contributed by atoms with E-state index in [1.54, 1.807) is 12.1 Å². The fourth-order valence-corrected chi connectivity index (χ4v) is 3.50. The highest BCUT2D eigenvalue weighted by Crippen LogP contribution is 2.27. The van der Waals surface area contributed by atoms with Crippen molar-refractivity contribution in [2.24, 2.45) is 0 Å². The van der Waals surface area contributed by atoms with Crippen LogP contribution in [0.25, 0.3) is 11.1 Å². The van der Waals surface area contributed by atoms with E-state index >= 15 is 0 Å². The summed E-state index contributed by atoms with van der Waals surface area (Å²) in [5.41, 5.74) is 4.92. The molecule has 1 amide bonds. The maximum Gasteiger partial charge on any atom is 0.264 e. The number of ether oxygens (including phenoxy) is 1. The predicted octanol–water partition coefficient (Wildman–Crippen LogP) is 4.58. The van der Waals surface area contributed by atoms with E-state index in [1.807, 2.05) is 59.5 Å². The molecule has 28 heavy (non-hydrogen) atoms. The molecule has 1 heterocycles. The van der Waals surface area contributed by atoms with Gasteiger partial charge in [-0.05, 0) is 59.9 Å². The highest BCUT2D eigenvalue weighted by Gasteiger charge is 2.22. The van der Waals surface area contributed by atoms with Crippen molar-refractivity contribution in [2.75, 3.05) is 18.1 Å². The smallest absolute Gasteiger partial charge is 0.264 e. The number of carbonyl (C=O) groups is 1. The molecule has 0 unspecified atom stereocenters. The summed E-state index contributed by atoms with van der Waals surface area (Å²) in [6, 6.07) is 25.3. The lowest BCUT2D eigenvalue weighted by Gasteiger charge is -2.29. The van der Waals surface area contributed by atoms with Gasteiger partial charge in [0.1, 0.15) is 5.75 Å². The Morgan fingerprint density at radius 3 is 2.36 bits per heavy atom. The van der Waals surface area contributed by atoms with Crippen molar-refractivity contribution in [3.8, 4) is 22.9 Å². The van der Waals surface area contributed by atoms with Gasteiger partial charge in [0.05, 0.1) is 11.6 Å². The molecule has 1 aliphatic heterocycles. The highest BCUT2D eigenvalue weighted by atomic mass is 16.5. The number of hydrogen-bond donors (Lipinski definition) is 0. The Labute approximate surface area is 164 Å². The van der Waals surface area contributed by atoms with Crippen LogP contribution in [0.15, 0.2) is 72.8 Å². The summed E-state index contributed by atoms with van der Waals surface area (Å²) in [5, 5.41) is 8.89. The first-order chi connectivity index (χ1) is 13.7. The molecule has 1 aliphatic rings. The third-order valence-corrected chi connectivity index (χ3v) is 4.98. The second-order valence-corrected chi connectivity index (χ2v) is 6.78. The van der Waals surface area contributed by atoms with Crippen LogP contribution in [0.1, 0.15) is 17.5 Å². The van der Waals surface area contributed by atoms with Crippen molar-refractivity contribution in [3.63, 3.8) is 0 Å². The fraction of sp³-hybridized carbons (Fsp3) is 0.167. The van der Waals surface area contributed by atoms with Gasteiger partial charge in [0, 0.05) is 12.2 Å². The number of hydrogen-bond acceptors (Lipinski definition) is 3. The van der Waals surface area contributed by atoms with Crippen LogP contribution in [-0.4, -0.2) is 19.1 Å². The molecule has 138 valence electrons. The largest absolute Gasteiger partial charge is 0.484 e. The molecule has 0 spiro atoms. The third-order valence-electron chi connectivity index (χ3n) is 4.98. The van der Waals surface area contributed by atoms with Crippen LogP contribution >= 0.6 is 0 Å². The molecule has 0 atom stereocenters. The first-order valence-electron chi connectivity index (χ1n) is 9.36. The Morgan fingerprint density at radius 2 is 1.64 bits per heavy atom. The summed E-state index contributed by atoms with van der Waals surface area (Å²) in [6.45, 7) is 0.751. The van der Waals surface area contributed by atoms with E-state index in [-0.39, 0.29) is 12.5 Å². The second-order valence-electron chi connectivity index (χ2n) is 6.78. The summed E-state index contributed by atoms with van der Waals surface area (Å²) in [5.74, 6) is 0.638. The van der Waals surface area contributed by atoms with E-state index in [2.05, 4.69) is 12.1 Å². The van der Waals surface area contributed by atoms with E-state index in [4.69, 9.17) is 10.00 Å². The summed E-state index contributed by atoms with van der Waals surface area (Å²) in [6.07, 6.45) is 1.99. The van der Waals surface area contributed by atoms with Crippen LogP contribution in [0.4, 0.5) is 5.69 Å². The number of rotatable bonds is 4. The molecule has 0 radical (unpaired) electrons. The fourth-order valence-electron chi connectivity index (χ4n) is 3.50. The van der Waals surface area contributed by atoms with Gasteiger partial charge >= 0.3 is 0 Å². The maximum absolute atomic E-state index is 12.7. The number of nitriles is 1. The number of para-hydroxylation sites is 1. The van der Waals surface area contributed by atoms with Crippen molar-refractivity contribution in [2.45, 2.75) is 12.8 Å². The topological polar surface area (TPSA) is 53.3 Å². The molecule has 0 saturated heterocycles. The predicted molar refractivity (Wildman–Crippen MR) is 109 cm³/mol. The Morgan fingerprint density at radius 1 is 0.964 bits per heavy atom. The maximum atomic E-state index is 12.7. The first kappa shape index (κ1) is 17.8. The van der Waals surface area contributed by atoms with Crippen molar-refractivity contribution in [3.05, 3.63) is 83.9 Å². The third kappa shape index (κ3) is 3.74. The van der Waals surface area contributed by atoms with Gasteiger partial charge in [-0.25, -0.2) is 0 Å². The Kier molecular flexibility index (Phi) is 5.07. The average molecular weight is 368 g/mol. The zero-order valence-electron chi connectivity index (χ0n) is 15.5. The van der Waals surface area contributed by atoms with Crippen LogP contribution in [0, 0.1) is 11.3 Å². The summed E-state index contributed by atoms with van der Waals surface area (Å²) in [4.78, 5) is 14.5. The second kappa shape index (κ2) is 7.98. The molecule has 0 aromatic heterocycles. The van der Waals surface area contributed by atoms with E-state index < -0.39 is 0 Å². The van der Waals surface area contributed by atoms with Crippen LogP contribution in [0.5, 0.6) is 5.75 Å². The summed E-state index contributed by atoms with van der Waals surface area (Å²) >= 11 is 0. The molecule has 0 bridgehead atoms. The molecule has 3 aromatic rings. The van der Waals surface area contributed by atoms with Crippen LogP contribution in [0.2, 0.25) is 0 Å². The average Bonchev–Trinajstić information content (AvgIpc) is 2.77. The van der Waals surface area contributed by atoms with Crippen LogP contribution in [-0.2, 0) is 11.2 Å². The minimum atomic E-state index is -0.0247. The standard InChI is InChI=1S/C24H20N2O2/c25-16-18-7-9-19(10-8-18)20-11-13-22(14-12-20)28-17-24(27)26-15-3-5-21-4-1-2-6-23(21)26/h1-2,4,6-14H,3,5,15,17H2. The quantitative estimate of drug-likeness (QED) is 0.677. The van der Waals surface area contributed by atoms with Gasteiger partial charge < -0.3 is 9.64 Å². The zero-order chi connectivity index (χ0) is 19.3. The van der Waals surface area contributed by atoms with Crippen molar-refractivity contribution in [1.82, 2.24) is 0 Å². The molecule has 4 nitrogen and oxygen atoms in total. The molecule has 4 heteroatoms. The molecular weight excluding hydrogens is 348 g/mol. The van der Waals surface area contributed by atoms with E-state index in [0.717, 1.165) is 36.2 Å². The van der Waals surface area contributed by atoms with Gasteiger partial charge in [-0.2, -0.15) is 5.26 Å². The number of fused-ring (bicyclic) bond motifs is 1. The van der Waals surface area contributed by atoms with Gasteiger partial charge in [0.15, 0.2) is 6.61 Å². The lowest BCUT2D eigenvalue weighted by Crippen LogP contribution is -2.38. The van der Waals surface area contributed by atoms with Crippen molar-refractivity contribution in [1.29, 1.82) is 5.26 Å². The van der Waals surface area contributed by atoms with Gasteiger partial charge in [-0.1, -0.05) is 42.5 Å². The number of amides is 1. The lowest BCUT2D eigenvalue weighted by molar-refractivity contribution is -0.120. The Hall–Kier alpha value is -3.58. The van der Waals surface area contributed by atoms with Crippen LogP contribution in [0.3, 0.4) is 0 Å². The SMILES string of the molecule is N#Cc1ccc(-c2ccc(OCC(=O)N3CCCc4ccccc43)cc2)cc1. The van der Waals surface area contributed by atoms with Gasteiger partial charge in [-0.15, -0.1) is 0 Å². The minimum Gasteiger partial charge on any atom is -0.484 e. The van der Waals surface area contributed by atoms with E-state index in [9.17, 15) is 4.79 Å². The number of nitrogens with zero attached hydrogens (tertiary/aromatic N) is 2. The molecule has 0 saturated carbocycles. The van der Waals surface area contributed by atoms with Gasteiger partial charge in [-0.3, -0.25) is 4.79 Å². The normalized spacial score (nSPS) is 12.8. The van der Waals surface area contributed by atoms with Crippen molar-refractivity contribution >= 4 is 11.6 Å². The van der Waals surface area contributed by atoms with Gasteiger partial charge in [0.25, 0.3) is 5.91 Å². The van der Waals surface area contributed by atoms with Crippen LogP contribution < -0.4 is 9.64 Å². The minimum absolute atomic E-state index is 0.0184. The molecule has 0 fully saturated rings. The Bertz CT molecular complexity index is 1020. The molecule has 4 rings (SSSR count). The molecule has 0 aliphatic carbocycles. The highest BCUT2D eigenvalue weighted by molar-refractivity contribution is 5.95. The summed E-state index contributed by atoms with van der Waals surface area (Å²) < 4.78 is 5.73. The van der Waals surface area contributed by atoms with E-state index in [1.165, 1.54) is 5.56 Å². The number of benzene rings is 3. The lowest BCUT2D eigenvalue weighted by atomic mass is 10.0. The summed E-state index contributed by atoms with van der Waals surface area (Å²) in [7, 11) is 0. The molecular formula is C24H20N2O2. The van der Waals surface area contributed by atoms with E-state index in [0.29, 0.717) is 11.3 Å². The number of carbonyl (C=O) groups excluding carboxylic acids is 1. The number of anilines is 1. The Balaban J connectivity index is 1.40.